The Labute approximate surface area is 130 Å². The van der Waals surface area contributed by atoms with Crippen molar-refractivity contribution >= 4 is 11.9 Å². The summed E-state index contributed by atoms with van der Waals surface area (Å²) in [5.41, 5.74) is 0.894. The minimum absolute atomic E-state index is 0.272. The van der Waals surface area contributed by atoms with Crippen LogP contribution in [0.1, 0.15) is 26.3 Å². The summed E-state index contributed by atoms with van der Waals surface area (Å²) in [6, 6.07) is 6.92. The number of benzene rings is 1. The Bertz CT molecular complexity index is 517. The van der Waals surface area contributed by atoms with E-state index in [9.17, 15) is 9.59 Å². The SMILES string of the molecule is COc1cccc(COC(C)C(=O)NC(C)C(C)C(=O)O)c1. The second-order valence-electron chi connectivity index (χ2n) is 5.23. The smallest absolute Gasteiger partial charge is 0.308 e. The van der Waals surface area contributed by atoms with Gasteiger partial charge in [-0.15, -0.1) is 0 Å². The van der Waals surface area contributed by atoms with Crippen LogP contribution in [0.15, 0.2) is 24.3 Å². The van der Waals surface area contributed by atoms with E-state index in [2.05, 4.69) is 5.32 Å². The number of methoxy groups -OCH3 is 1. The van der Waals surface area contributed by atoms with Gasteiger partial charge in [0.25, 0.3) is 0 Å². The van der Waals surface area contributed by atoms with Crippen molar-refractivity contribution in [2.24, 2.45) is 5.92 Å². The number of amides is 1. The molecule has 6 nitrogen and oxygen atoms in total. The first kappa shape index (κ1) is 18.0. The van der Waals surface area contributed by atoms with Gasteiger partial charge in [-0.05, 0) is 38.5 Å². The third-order valence-corrected chi connectivity index (χ3v) is 3.51. The van der Waals surface area contributed by atoms with Crippen molar-refractivity contribution in [2.45, 2.75) is 39.5 Å². The van der Waals surface area contributed by atoms with Gasteiger partial charge in [0.1, 0.15) is 11.9 Å². The van der Waals surface area contributed by atoms with E-state index in [1.807, 2.05) is 24.3 Å². The number of carbonyl (C=O) groups excluding carboxylic acids is 1. The predicted octanol–water partition coefficient (Wildman–Crippen LogP) is 1.83. The molecule has 1 amide bonds. The van der Waals surface area contributed by atoms with Gasteiger partial charge in [0, 0.05) is 6.04 Å². The van der Waals surface area contributed by atoms with Crippen molar-refractivity contribution in [3.05, 3.63) is 29.8 Å². The highest BCUT2D eigenvalue weighted by molar-refractivity contribution is 5.81. The number of hydrogen-bond donors (Lipinski definition) is 2. The Morgan fingerprint density at radius 2 is 1.95 bits per heavy atom. The Morgan fingerprint density at radius 1 is 1.27 bits per heavy atom. The van der Waals surface area contributed by atoms with Gasteiger partial charge in [0.15, 0.2) is 0 Å². The molecular weight excluding hydrogens is 286 g/mol. The summed E-state index contributed by atoms with van der Waals surface area (Å²) in [5.74, 6) is -1.21. The van der Waals surface area contributed by atoms with Crippen molar-refractivity contribution in [1.82, 2.24) is 5.32 Å². The Hall–Kier alpha value is -2.08. The normalized spacial score (nSPS) is 14.7. The molecule has 122 valence electrons. The topological polar surface area (TPSA) is 84.9 Å². The van der Waals surface area contributed by atoms with E-state index in [0.29, 0.717) is 0 Å². The number of carboxylic acid groups (broad SMARTS) is 1. The van der Waals surface area contributed by atoms with Crippen molar-refractivity contribution < 1.29 is 24.2 Å². The summed E-state index contributed by atoms with van der Waals surface area (Å²) < 4.78 is 10.6. The number of nitrogens with one attached hydrogen (secondary N) is 1. The van der Waals surface area contributed by atoms with Crippen molar-refractivity contribution in [2.75, 3.05) is 7.11 Å². The van der Waals surface area contributed by atoms with Crippen molar-refractivity contribution in [3.8, 4) is 5.75 Å². The molecule has 0 radical (unpaired) electrons. The van der Waals surface area contributed by atoms with Crippen LogP contribution in [0.3, 0.4) is 0 Å². The lowest BCUT2D eigenvalue weighted by Gasteiger charge is -2.20. The molecule has 22 heavy (non-hydrogen) atoms. The van der Waals surface area contributed by atoms with Crippen molar-refractivity contribution in [1.29, 1.82) is 0 Å². The summed E-state index contributed by atoms with van der Waals surface area (Å²) >= 11 is 0. The monoisotopic (exact) mass is 309 g/mol. The standard InChI is InChI=1S/C16H23NO5/c1-10(16(19)20)11(2)17-15(18)12(3)22-9-13-6-5-7-14(8-13)21-4/h5-8,10-12H,9H2,1-4H3,(H,17,18)(H,19,20). The minimum Gasteiger partial charge on any atom is -0.497 e. The lowest BCUT2D eigenvalue weighted by atomic mass is 10.0. The average molecular weight is 309 g/mol. The zero-order valence-corrected chi connectivity index (χ0v) is 13.3. The van der Waals surface area contributed by atoms with Gasteiger partial charge in [0.2, 0.25) is 5.91 Å². The third-order valence-electron chi connectivity index (χ3n) is 3.51. The summed E-state index contributed by atoms with van der Waals surface area (Å²) in [6.07, 6.45) is -0.672. The fraction of sp³-hybridized carbons (Fsp3) is 0.500. The van der Waals surface area contributed by atoms with Gasteiger partial charge in [-0.25, -0.2) is 0 Å². The second-order valence-corrected chi connectivity index (χ2v) is 5.23. The fourth-order valence-corrected chi connectivity index (χ4v) is 1.74. The average Bonchev–Trinajstić information content (AvgIpc) is 2.51. The molecule has 6 heteroatoms. The first-order valence-electron chi connectivity index (χ1n) is 7.12. The quantitative estimate of drug-likeness (QED) is 0.765. The molecule has 0 aromatic heterocycles. The van der Waals surface area contributed by atoms with E-state index in [1.165, 1.54) is 0 Å². The predicted molar refractivity (Wildman–Crippen MR) is 81.6 cm³/mol. The Balaban J connectivity index is 2.48. The summed E-state index contributed by atoms with van der Waals surface area (Å²) in [4.78, 5) is 22.8. The molecule has 1 aromatic rings. The van der Waals surface area contributed by atoms with Gasteiger partial charge in [-0.3, -0.25) is 9.59 Å². The maximum atomic E-state index is 12.0. The van der Waals surface area contributed by atoms with Crippen LogP contribution in [0.5, 0.6) is 5.75 Å². The van der Waals surface area contributed by atoms with Crippen molar-refractivity contribution in [3.63, 3.8) is 0 Å². The van der Waals surface area contributed by atoms with Gasteiger partial charge < -0.3 is 19.9 Å². The molecule has 1 rings (SSSR count). The summed E-state index contributed by atoms with van der Waals surface area (Å²) in [7, 11) is 1.58. The highest BCUT2D eigenvalue weighted by Gasteiger charge is 2.23. The van der Waals surface area contributed by atoms with Crippen LogP contribution in [0.25, 0.3) is 0 Å². The lowest BCUT2D eigenvalue weighted by Crippen LogP contribution is -2.44. The molecule has 0 heterocycles. The molecule has 0 bridgehead atoms. The van der Waals surface area contributed by atoms with Crippen LogP contribution in [0, 0.1) is 5.92 Å². The molecule has 3 atom stereocenters. The van der Waals surface area contributed by atoms with Crippen LogP contribution in [0.2, 0.25) is 0 Å². The van der Waals surface area contributed by atoms with Crippen LogP contribution >= 0.6 is 0 Å². The van der Waals surface area contributed by atoms with Gasteiger partial charge in [-0.1, -0.05) is 12.1 Å². The van der Waals surface area contributed by atoms with E-state index >= 15 is 0 Å². The van der Waals surface area contributed by atoms with Crippen LogP contribution in [0.4, 0.5) is 0 Å². The van der Waals surface area contributed by atoms with Gasteiger partial charge in [-0.2, -0.15) is 0 Å². The molecule has 0 aliphatic rings. The molecule has 2 N–H and O–H groups in total. The van der Waals surface area contributed by atoms with Crippen LogP contribution in [-0.4, -0.2) is 36.2 Å². The highest BCUT2D eigenvalue weighted by Crippen LogP contribution is 2.14. The van der Waals surface area contributed by atoms with Crippen LogP contribution < -0.4 is 10.1 Å². The maximum absolute atomic E-state index is 12.0. The number of aliphatic carboxylic acids is 1. The number of hydrogen-bond acceptors (Lipinski definition) is 4. The molecule has 0 saturated carbocycles. The Morgan fingerprint density at radius 3 is 2.55 bits per heavy atom. The van der Waals surface area contributed by atoms with Gasteiger partial charge in [0.05, 0.1) is 19.6 Å². The van der Waals surface area contributed by atoms with E-state index in [4.69, 9.17) is 14.6 Å². The number of ether oxygens (including phenoxy) is 2. The minimum atomic E-state index is -0.947. The van der Waals surface area contributed by atoms with Crippen LogP contribution in [-0.2, 0) is 20.9 Å². The second kappa shape index (κ2) is 8.38. The van der Waals surface area contributed by atoms with E-state index in [-0.39, 0.29) is 12.5 Å². The fourth-order valence-electron chi connectivity index (χ4n) is 1.74. The highest BCUT2D eigenvalue weighted by atomic mass is 16.5. The molecule has 0 spiro atoms. The molecule has 3 unspecified atom stereocenters. The number of rotatable bonds is 8. The van der Waals surface area contributed by atoms with E-state index < -0.39 is 24.0 Å². The van der Waals surface area contributed by atoms with Gasteiger partial charge >= 0.3 is 5.97 Å². The third kappa shape index (κ3) is 5.37. The first-order chi connectivity index (χ1) is 10.3. The summed E-state index contributed by atoms with van der Waals surface area (Å²) in [5, 5.41) is 11.6. The van der Waals surface area contributed by atoms with E-state index in [1.54, 1.807) is 27.9 Å². The van der Waals surface area contributed by atoms with E-state index in [0.717, 1.165) is 11.3 Å². The molecular formula is C16H23NO5. The number of carbonyl (C=O) groups is 2. The molecule has 0 aliphatic carbocycles. The lowest BCUT2D eigenvalue weighted by molar-refractivity contribution is -0.142. The molecule has 0 fully saturated rings. The zero-order chi connectivity index (χ0) is 16.7. The maximum Gasteiger partial charge on any atom is 0.308 e. The largest absolute Gasteiger partial charge is 0.497 e. The zero-order valence-electron chi connectivity index (χ0n) is 13.3. The number of carboxylic acids is 1. The first-order valence-corrected chi connectivity index (χ1v) is 7.12. The molecule has 0 saturated heterocycles. The molecule has 0 aliphatic heterocycles. The molecule has 1 aromatic carbocycles. The Kier molecular flexibility index (Phi) is 6.85. The summed E-state index contributed by atoms with van der Waals surface area (Å²) in [6.45, 7) is 5.11.